The van der Waals surface area contributed by atoms with E-state index < -0.39 is 15.9 Å². The molecule has 1 amide bonds. The van der Waals surface area contributed by atoms with Gasteiger partial charge < -0.3 is 5.73 Å². The summed E-state index contributed by atoms with van der Waals surface area (Å²) in [5, 5.41) is 0.449. The molecule has 0 atom stereocenters. The molecular weight excluding hydrogens is 324 g/mol. The molecule has 116 valence electrons. The highest BCUT2D eigenvalue weighted by Crippen LogP contribution is 2.26. The first-order valence-electron chi connectivity index (χ1n) is 6.41. The molecule has 2 aromatic rings. The third-order valence-electron chi connectivity index (χ3n) is 3.20. The Morgan fingerprint density at radius 2 is 1.82 bits per heavy atom. The molecule has 0 aliphatic carbocycles. The van der Waals surface area contributed by atoms with Crippen LogP contribution in [0.15, 0.2) is 41.3 Å². The normalized spacial score (nSPS) is 11.2. The van der Waals surface area contributed by atoms with Crippen LogP contribution in [0.5, 0.6) is 0 Å². The minimum atomic E-state index is -3.86. The Labute approximate surface area is 134 Å². The zero-order valence-corrected chi connectivity index (χ0v) is 13.6. The summed E-state index contributed by atoms with van der Waals surface area (Å²) in [7, 11) is -3.86. The van der Waals surface area contributed by atoms with Crippen LogP contribution in [0.4, 0.5) is 5.69 Å². The van der Waals surface area contributed by atoms with Crippen LogP contribution in [0.2, 0.25) is 5.02 Å². The summed E-state index contributed by atoms with van der Waals surface area (Å²) in [6, 6.07) is 9.28. The number of primary amides is 1. The number of anilines is 1. The number of hydrogen-bond acceptors (Lipinski definition) is 3. The molecule has 0 bridgehead atoms. The fourth-order valence-electron chi connectivity index (χ4n) is 2.11. The van der Waals surface area contributed by atoms with E-state index in [-0.39, 0.29) is 16.1 Å². The third kappa shape index (κ3) is 3.23. The number of amides is 1. The summed E-state index contributed by atoms with van der Waals surface area (Å²) in [5.74, 6) is -0.700. The van der Waals surface area contributed by atoms with Crippen LogP contribution in [0.25, 0.3) is 0 Å². The number of hydrogen-bond donors (Lipinski definition) is 2. The minimum absolute atomic E-state index is 0.0931. The predicted octanol–water partition coefficient (Wildman–Crippen LogP) is 2.86. The van der Waals surface area contributed by atoms with Crippen molar-refractivity contribution in [3.05, 3.63) is 58.1 Å². The van der Waals surface area contributed by atoms with Crippen molar-refractivity contribution in [2.45, 2.75) is 18.7 Å². The summed E-state index contributed by atoms with van der Waals surface area (Å²) in [6.45, 7) is 3.34. The largest absolute Gasteiger partial charge is 0.366 e. The number of carbonyl (C=O) groups excluding carboxylic acids is 1. The molecule has 3 N–H and O–H groups in total. The van der Waals surface area contributed by atoms with Gasteiger partial charge in [0.1, 0.15) is 0 Å². The average Bonchev–Trinajstić information content (AvgIpc) is 2.40. The van der Waals surface area contributed by atoms with E-state index in [2.05, 4.69) is 4.72 Å². The molecule has 0 aliphatic rings. The second kappa shape index (κ2) is 5.98. The van der Waals surface area contributed by atoms with Gasteiger partial charge in [-0.25, -0.2) is 8.42 Å². The van der Waals surface area contributed by atoms with Crippen molar-refractivity contribution >= 4 is 33.2 Å². The molecule has 0 fully saturated rings. The summed E-state index contributed by atoms with van der Waals surface area (Å²) in [6.07, 6.45) is 0. The smallest absolute Gasteiger partial charge is 0.262 e. The molecule has 0 spiro atoms. The van der Waals surface area contributed by atoms with E-state index in [1.807, 2.05) is 0 Å². The SMILES string of the molecule is Cc1cc(Cl)ccc1S(=O)(=O)Nc1c(C)cccc1C(N)=O. The van der Waals surface area contributed by atoms with Gasteiger partial charge in [-0.15, -0.1) is 0 Å². The van der Waals surface area contributed by atoms with Gasteiger partial charge in [0.05, 0.1) is 16.1 Å². The molecule has 7 heteroatoms. The van der Waals surface area contributed by atoms with Gasteiger partial charge in [0.15, 0.2) is 0 Å². The van der Waals surface area contributed by atoms with E-state index >= 15 is 0 Å². The lowest BCUT2D eigenvalue weighted by molar-refractivity contribution is 0.100. The van der Waals surface area contributed by atoms with E-state index in [4.69, 9.17) is 17.3 Å². The van der Waals surface area contributed by atoms with Gasteiger partial charge in [-0.1, -0.05) is 23.7 Å². The van der Waals surface area contributed by atoms with Crippen molar-refractivity contribution in [2.75, 3.05) is 4.72 Å². The van der Waals surface area contributed by atoms with E-state index in [0.29, 0.717) is 16.1 Å². The maximum atomic E-state index is 12.6. The zero-order chi connectivity index (χ0) is 16.5. The molecule has 0 radical (unpaired) electrons. The third-order valence-corrected chi connectivity index (χ3v) is 4.95. The number of para-hydroxylation sites is 1. The van der Waals surface area contributed by atoms with Crippen LogP contribution in [-0.2, 0) is 10.0 Å². The van der Waals surface area contributed by atoms with Crippen molar-refractivity contribution in [1.82, 2.24) is 0 Å². The Balaban J connectivity index is 2.52. The van der Waals surface area contributed by atoms with Crippen molar-refractivity contribution in [3.63, 3.8) is 0 Å². The number of nitrogens with one attached hydrogen (secondary N) is 1. The molecule has 5 nitrogen and oxygen atoms in total. The van der Waals surface area contributed by atoms with Crippen LogP contribution in [0.3, 0.4) is 0 Å². The number of benzene rings is 2. The van der Waals surface area contributed by atoms with Crippen LogP contribution in [0.1, 0.15) is 21.5 Å². The Bertz CT molecular complexity index is 848. The van der Waals surface area contributed by atoms with Crippen LogP contribution >= 0.6 is 11.6 Å². The first-order valence-corrected chi connectivity index (χ1v) is 8.27. The lowest BCUT2D eigenvalue weighted by Crippen LogP contribution is -2.20. The Morgan fingerprint density at radius 1 is 1.14 bits per heavy atom. The molecule has 2 rings (SSSR count). The van der Waals surface area contributed by atoms with Crippen molar-refractivity contribution < 1.29 is 13.2 Å². The first-order chi connectivity index (χ1) is 10.2. The summed E-state index contributed by atoms with van der Waals surface area (Å²) in [5.41, 5.74) is 6.72. The Morgan fingerprint density at radius 3 is 2.41 bits per heavy atom. The lowest BCUT2D eigenvalue weighted by atomic mass is 10.1. The number of halogens is 1. The van der Waals surface area contributed by atoms with E-state index in [1.165, 1.54) is 18.2 Å². The molecule has 0 saturated heterocycles. The number of aryl methyl sites for hydroxylation is 2. The van der Waals surface area contributed by atoms with Gasteiger partial charge in [0.25, 0.3) is 15.9 Å². The monoisotopic (exact) mass is 338 g/mol. The lowest BCUT2D eigenvalue weighted by Gasteiger charge is -2.15. The van der Waals surface area contributed by atoms with Gasteiger partial charge in [-0.05, 0) is 49.2 Å². The van der Waals surface area contributed by atoms with E-state index in [0.717, 1.165) is 0 Å². The van der Waals surface area contributed by atoms with Crippen LogP contribution in [0, 0.1) is 13.8 Å². The fraction of sp³-hybridized carbons (Fsp3) is 0.133. The second-order valence-electron chi connectivity index (χ2n) is 4.88. The van der Waals surface area contributed by atoms with Crippen molar-refractivity contribution in [2.24, 2.45) is 5.73 Å². The van der Waals surface area contributed by atoms with Crippen molar-refractivity contribution in [3.8, 4) is 0 Å². The van der Waals surface area contributed by atoms with Gasteiger partial charge >= 0.3 is 0 Å². The summed E-state index contributed by atoms with van der Waals surface area (Å²) >= 11 is 5.84. The molecule has 0 saturated carbocycles. The van der Waals surface area contributed by atoms with E-state index in [1.54, 1.807) is 32.0 Å². The maximum absolute atomic E-state index is 12.6. The quantitative estimate of drug-likeness (QED) is 0.898. The molecule has 2 aromatic carbocycles. The summed E-state index contributed by atoms with van der Waals surface area (Å²) in [4.78, 5) is 11.6. The second-order valence-corrected chi connectivity index (χ2v) is 6.96. The average molecular weight is 339 g/mol. The molecule has 0 heterocycles. The zero-order valence-electron chi connectivity index (χ0n) is 12.1. The van der Waals surface area contributed by atoms with Gasteiger partial charge in [-0.2, -0.15) is 0 Å². The van der Waals surface area contributed by atoms with Gasteiger partial charge in [-0.3, -0.25) is 9.52 Å². The van der Waals surface area contributed by atoms with E-state index in [9.17, 15) is 13.2 Å². The highest BCUT2D eigenvalue weighted by Gasteiger charge is 2.21. The maximum Gasteiger partial charge on any atom is 0.262 e. The first kappa shape index (κ1) is 16.3. The highest BCUT2D eigenvalue weighted by molar-refractivity contribution is 7.92. The molecule has 0 aliphatic heterocycles. The Kier molecular flexibility index (Phi) is 4.44. The number of sulfonamides is 1. The number of rotatable bonds is 4. The summed E-state index contributed by atoms with van der Waals surface area (Å²) < 4.78 is 27.6. The van der Waals surface area contributed by atoms with Gasteiger partial charge in [0, 0.05) is 5.02 Å². The standard InChI is InChI=1S/C15H15ClN2O3S/c1-9-4-3-5-12(15(17)19)14(9)18-22(20,21)13-7-6-11(16)8-10(13)2/h3-8,18H,1-2H3,(H2,17,19). The Hall–Kier alpha value is -2.05. The number of carbonyl (C=O) groups is 1. The fourth-order valence-corrected chi connectivity index (χ4v) is 3.72. The van der Waals surface area contributed by atoms with Crippen LogP contribution in [-0.4, -0.2) is 14.3 Å². The molecule has 0 aromatic heterocycles. The number of nitrogens with two attached hydrogens (primary N) is 1. The molecule has 22 heavy (non-hydrogen) atoms. The van der Waals surface area contributed by atoms with Crippen molar-refractivity contribution in [1.29, 1.82) is 0 Å². The predicted molar refractivity (Wildman–Crippen MR) is 86.7 cm³/mol. The van der Waals surface area contributed by atoms with Crippen LogP contribution < -0.4 is 10.5 Å². The molecule has 0 unspecified atom stereocenters. The minimum Gasteiger partial charge on any atom is -0.366 e. The molecular formula is C15H15ClN2O3S. The highest BCUT2D eigenvalue weighted by atomic mass is 35.5. The van der Waals surface area contributed by atoms with Gasteiger partial charge in [0.2, 0.25) is 0 Å². The topological polar surface area (TPSA) is 89.3 Å².